The molecule has 0 atom stereocenters. The Morgan fingerprint density at radius 2 is 2.27 bits per heavy atom. The summed E-state index contributed by atoms with van der Waals surface area (Å²) in [5.74, 6) is 0. The highest BCUT2D eigenvalue weighted by Gasteiger charge is 1.93. The van der Waals surface area contributed by atoms with Gasteiger partial charge in [-0.1, -0.05) is 0 Å². The summed E-state index contributed by atoms with van der Waals surface area (Å²) in [6, 6.07) is 3.54. The Bertz CT molecular complexity index is 321. The molecule has 4 heteroatoms. The molecule has 0 saturated heterocycles. The van der Waals surface area contributed by atoms with Gasteiger partial charge in [-0.2, -0.15) is 10.5 Å². The lowest BCUT2D eigenvalue weighted by atomic mass is 10.3. The number of hydrogen-bond donors (Lipinski definition) is 0. The average molecular weight is 161 g/mol. The molecule has 1 heterocycles. The van der Waals surface area contributed by atoms with Gasteiger partial charge in [0.2, 0.25) is 0 Å². The Balaban J connectivity index is 2.93. The van der Waals surface area contributed by atoms with E-state index in [4.69, 9.17) is 10.5 Å². The highest BCUT2D eigenvalue weighted by atomic mass is 32.1. The molecule has 1 rings (SSSR count). The van der Waals surface area contributed by atoms with Crippen LogP contribution in [0.1, 0.15) is 4.88 Å². The van der Waals surface area contributed by atoms with Crippen LogP contribution in [0.2, 0.25) is 0 Å². The van der Waals surface area contributed by atoms with Crippen molar-refractivity contribution in [2.75, 3.05) is 0 Å². The normalized spacial score (nSPS) is 7.82. The summed E-state index contributed by atoms with van der Waals surface area (Å²) < 4.78 is 0. The second-order valence-electron chi connectivity index (χ2n) is 1.69. The number of thiazole rings is 1. The van der Waals surface area contributed by atoms with Crippen molar-refractivity contribution in [3.63, 3.8) is 0 Å². The Hall–Kier alpha value is -1.65. The molecule has 52 valence electrons. The molecule has 0 saturated carbocycles. The molecule has 0 radical (unpaired) electrons. The molecule has 0 aliphatic rings. The van der Waals surface area contributed by atoms with E-state index in [0.29, 0.717) is 0 Å². The van der Waals surface area contributed by atoms with Crippen LogP contribution in [0.25, 0.3) is 6.08 Å². The largest absolute Gasteiger partial charge is 0.253 e. The minimum Gasteiger partial charge on any atom is -0.253 e. The van der Waals surface area contributed by atoms with Crippen molar-refractivity contribution in [3.8, 4) is 12.1 Å². The zero-order valence-corrected chi connectivity index (χ0v) is 6.30. The average Bonchev–Trinajstić information content (AvgIpc) is 2.52. The minimum absolute atomic E-state index is 0.106. The van der Waals surface area contributed by atoms with Crippen LogP contribution >= 0.6 is 11.3 Å². The SMILES string of the molecule is N#CC(C#N)=Cc1cncs1. The van der Waals surface area contributed by atoms with Crippen LogP contribution in [-0.4, -0.2) is 4.98 Å². The third-order valence-corrected chi connectivity index (χ3v) is 1.70. The first-order valence-electron chi connectivity index (χ1n) is 2.77. The summed E-state index contributed by atoms with van der Waals surface area (Å²) in [4.78, 5) is 4.62. The van der Waals surface area contributed by atoms with Gasteiger partial charge in [-0.3, -0.25) is 4.98 Å². The Labute approximate surface area is 67.8 Å². The Morgan fingerprint density at radius 1 is 1.55 bits per heavy atom. The lowest BCUT2D eigenvalue weighted by Crippen LogP contribution is -1.69. The summed E-state index contributed by atoms with van der Waals surface area (Å²) in [5, 5.41) is 16.7. The van der Waals surface area contributed by atoms with Gasteiger partial charge in [0.1, 0.15) is 17.7 Å². The van der Waals surface area contributed by atoms with Crippen molar-refractivity contribution in [1.82, 2.24) is 4.98 Å². The first-order chi connectivity index (χ1) is 5.36. The number of rotatable bonds is 1. The van der Waals surface area contributed by atoms with Gasteiger partial charge >= 0.3 is 0 Å². The van der Waals surface area contributed by atoms with E-state index >= 15 is 0 Å². The van der Waals surface area contributed by atoms with Gasteiger partial charge in [-0.25, -0.2) is 0 Å². The van der Waals surface area contributed by atoms with Crippen molar-refractivity contribution in [2.45, 2.75) is 0 Å². The molecule has 3 nitrogen and oxygen atoms in total. The quantitative estimate of drug-likeness (QED) is 0.587. The van der Waals surface area contributed by atoms with E-state index in [1.165, 1.54) is 17.4 Å². The van der Waals surface area contributed by atoms with Crippen LogP contribution in [0.4, 0.5) is 0 Å². The molecule has 11 heavy (non-hydrogen) atoms. The minimum atomic E-state index is 0.106. The molecule has 0 fully saturated rings. The van der Waals surface area contributed by atoms with E-state index in [0.717, 1.165) is 4.88 Å². The van der Waals surface area contributed by atoms with Gasteiger partial charge in [0.25, 0.3) is 0 Å². The fourth-order valence-electron chi connectivity index (χ4n) is 0.529. The molecule has 0 bridgehead atoms. The number of nitriles is 2. The van der Waals surface area contributed by atoms with Gasteiger partial charge in [-0.05, 0) is 6.08 Å². The molecule has 0 amide bonds. The van der Waals surface area contributed by atoms with Crippen LogP contribution in [0.15, 0.2) is 17.3 Å². The third kappa shape index (κ3) is 1.89. The predicted octanol–water partition coefficient (Wildman–Crippen LogP) is 1.57. The van der Waals surface area contributed by atoms with Gasteiger partial charge < -0.3 is 0 Å². The van der Waals surface area contributed by atoms with Crippen LogP contribution < -0.4 is 0 Å². The predicted molar refractivity (Wildman–Crippen MR) is 41.3 cm³/mol. The Morgan fingerprint density at radius 3 is 2.73 bits per heavy atom. The van der Waals surface area contributed by atoms with Crippen LogP contribution in [0, 0.1) is 22.7 Å². The number of hydrogen-bond acceptors (Lipinski definition) is 4. The van der Waals surface area contributed by atoms with Crippen LogP contribution in [-0.2, 0) is 0 Å². The maximum Gasteiger partial charge on any atom is 0.131 e. The second-order valence-corrected chi connectivity index (χ2v) is 2.60. The molecule has 0 unspecified atom stereocenters. The van der Waals surface area contributed by atoms with Crippen molar-refractivity contribution in [3.05, 3.63) is 22.2 Å². The third-order valence-electron chi connectivity index (χ3n) is 0.979. The lowest BCUT2D eigenvalue weighted by Gasteiger charge is -1.78. The van der Waals surface area contributed by atoms with Crippen molar-refractivity contribution in [2.24, 2.45) is 0 Å². The van der Waals surface area contributed by atoms with E-state index in [1.54, 1.807) is 23.8 Å². The zero-order valence-electron chi connectivity index (χ0n) is 5.48. The fraction of sp³-hybridized carbons (Fsp3) is 0. The molecule has 0 spiro atoms. The molecule has 1 aromatic heterocycles. The number of nitrogens with zero attached hydrogens (tertiary/aromatic N) is 3. The van der Waals surface area contributed by atoms with E-state index < -0.39 is 0 Å². The van der Waals surface area contributed by atoms with Crippen molar-refractivity contribution < 1.29 is 0 Å². The molecule has 0 N–H and O–H groups in total. The maximum atomic E-state index is 8.37. The van der Waals surface area contributed by atoms with Gasteiger partial charge in [0.15, 0.2) is 0 Å². The summed E-state index contributed by atoms with van der Waals surface area (Å²) >= 11 is 1.39. The van der Waals surface area contributed by atoms with Gasteiger partial charge in [-0.15, -0.1) is 11.3 Å². The second kappa shape index (κ2) is 3.50. The smallest absolute Gasteiger partial charge is 0.131 e. The zero-order chi connectivity index (χ0) is 8.10. The van der Waals surface area contributed by atoms with E-state index in [2.05, 4.69) is 4.98 Å². The molecule has 0 aliphatic carbocycles. The first kappa shape index (κ1) is 7.46. The lowest BCUT2D eigenvalue weighted by molar-refractivity contribution is 1.42. The van der Waals surface area contributed by atoms with Crippen LogP contribution in [0.3, 0.4) is 0 Å². The highest BCUT2D eigenvalue weighted by molar-refractivity contribution is 7.10. The van der Waals surface area contributed by atoms with Crippen molar-refractivity contribution >= 4 is 17.4 Å². The summed E-state index contributed by atoms with van der Waals surface area (Å²) in [7, 11) is 0. The van der Waals surface area contributed by atoms with E-state index in [1.807, 2.05) is 0 Å². The summed E-state index contributed by atoms with van der Waals surface area (Å²) in [5.41, 5.74) is 1.76. The summed E-state index contributed by atoms with van der Waals surface area (Å²) in [6.07, 6.45) is 3.12. The van der Waals surface area contributed by atoms with Gasteiger partial charge in [0, 0.05) is 11.1 Å². The molecular weight excluding hydrogens is 158 g/mol. The van der Waals surface area contributed by atoms with E-state index in [9.17, 15) is 0 Å². The van der Waals surface area contributed by atoms with Gasteiger partial charge in [0.05, 0.1) is 5.51 Å². The van der Waals surface area contributed by atoms with E-state index in [-0.39, 0.29) is 5.57 Å². The number of aromatic nitrogens is 1. The first-order valence-corrected chi connectivity index (χ1v) is 3.65. The fourth-order valence-corrected chi connectivity index (χ4v) is 1.08. The Kier molecular flexibility index (Phi) is 2.37. The molecule has 0 aliphatic heterocycles. The number of allylic oxidation sites excluding steroid dienone is 1. The van der Waals surface area contributed by atoms with Crippen LogP contribution in [0.5, 0.6) is 0 Å². The monoisotopic (exact) mass is 161 g/mol. The van der Waals surface area contributed by atoms with Crippen molar-refractivity contribution in [1.29, 1.82) is 10.5 Å². The summed E-state index contributed by atoms with van der Waals surface area (Å²) in [6.45, 7) is 0. The highest BCUT2D eigenvalue weighted by Crippen LogP contribution is 2.09. The maximum absolute atomic E-state index is 8.37. The standard InChI is InChI=1S/C7H3N3S/c8-2-6(3-9)1-7-4-10-5-11-7/h1,4-5H. The molecular formula is C7H3N3S. The molecule has 1 aromatic rings. The molecule has 0 aromatic carbocycles. The topological polar surface area (TPSA) is 60.5 Å².